The molecule has 0 saturated heterocycles. The van der Waals surface area contributed by atoms with Crippen molar-refractivity contribution in [3.8, 4) is 0 Å². The molecule has 0 heterocycles. The van der Waals surface area contributed by atoms with Crippen molar-refractivity contribution in [3.63, 3.8) is 0 Å². The molecule has 0 aliphatic carbocycles. The fraction of sp³-hybridized carbons (Fsp3) is 0.0769. The van der Waals surface area contributed by atoms with Crippen LogP contribution in [0.1, 0.15) is 17.2 Å². The molecule has 2 rings (SSSR count). The van der Waals surface area contributed by atoms with Crippen molar-refractivity contribution >= 4 is 43.5 Å². The zero-order chi connectivity index (χ0) is 12.4. The average molecular weight is 376 g/mol. The number of hydrogen-bond acceptors (Lipinski definition) is 1. The number of aliphatic hydroxyl groups is 1. The Kier molecular flexibility index (Phi) is 4.26. The van der Waals surface area contributed by atoms with E-state index in [4.69, 9.17) is 11.6 Å². The van der Waals surface area contributed by atoms with Crippen molar-refractivity contribution in [2.24, 2.45) is 0 Å². The van der Waals surface area contributed by atoms with Gasteiger partial charge < -0.3 is 5.11 Å². The van der Waals surface area contributed by atoms with Crippen LogP contribution in [0.2, 0.25) is 5.02 Å². The second-order valence-corrected chi connectivity index (χ2v) is 5.78. The highest BCUT2D eigenvalue weighted by atomic mass is 79.9. The van der Waals surface area contributed by atoms with E-state index in [0.717, 1.165) is 20.1 Å². The number of benzene rings is 2. The molecule has 2 aromatic carbocycles. The first-order valence-electron chi connectivity index (χ1n) is 4.96. The van der Waals surface area contributed by atoms with Gasteiger partial charge in [0.15, 0.2) is 0 Å². The van der Waals surface area contributed by atoms with Crippen molar-refractivity contribution < 1.29 is 5.11 Å². The lowest BCUT2D eigenvalue weighted by molar-refractivity contribution is 0.220. The predicted molar refractivity (Wildman–Crippen MR) is 77.4 cm³/mol. The summed E-state index contributed by atoms with van der Waals surface area (Å²) in [6.45, 7) is 0. The molecule has 0 spiro atoms. The summed E-state index contributed by atoms with van der Waals surface area (Å²) in [5.74, 6) is 0. The molecule has 2 aromatic rings. The van der Waals surface area contributed by atoms with Crippen molar-refractivity contribution in [3.05, 3.63) is 67.6 Å². The summed E-state index contributed by atoms with van der Waals surface area (Å²) < 4.78 is 1.87. The molecule has 0 radical (unpaired) electrons. The molecule has 4 heteroatoms. The molecule has 1 N–H and O–H groups in total. The first-order valence-corrected chi connectivity index (χ1v) is 6.93. The standard InChI is InChI=1S/C13H9Br2ClO/c14-11-5-4-9(7-12(11)15)13(17)8-2-1-3-10(16)6-8/h1-7,13,17H. The topological polar surface area (TPSA) is 20.2 Å². The van der Waals surface area contributed by atoms with E-state index in [1.807, 2.05) is 30.3 Å². The van der Waals surface area contributed by atoms with Crippen LogP contribution in [0.5, 0.6) is 0 Å². The summed E-state index contributed by atoms with van der Waals surface area (Å²) in [6.07, 6.45) is -0.668. The first kappa shape index (κ1) is 13.1. The zero-order valence-corrected chi connectivity index (χ0v) is 12.6. The zero-order valence-electron chi connectivity index (χ0n) is 8.70. The molecule has 0 fully saturated rings. The Labute approximate surface area is 122 Å². The van der Waals surface area contributed by atoms with E-state index in [-0.39, 0.29) is 0 Å². The van der Waals surface area contributed by atoms with E-state index < -0.39 is 6.10 Å². The summed E-state index contributed by atoms with van der Waals surface area (Å²) in [4.78, 5) is 0. The van der Waals surface area contributed by atoms with Gasteiger partial charge in [-0.15, -0.1) is 0 Å². The van der Waals surface area contributed by atoms with Gasteiger partial charge in [-0.3, -0.25) is 0 Å². The van der Waals surface area contributed by atoms with Gasteiger partial charge in [0, 0.05) is 14.0 Å². The summed E-state index contributed by atoms with van der Waals surface area (Å²) in [6, 6.07) is 12.9. The summed E-state index contributed by atoms with van der Waals surface area (Å²) >= 11 is 12.7. The SMILES string of the molecule is OC(c1cccc(Cl)c1)c1ccc(Br)c(Br)c1. The summed E-state index contributed by atoms with van der Waals surface area (Å²) in [7, 11) is 0. The van der Waals surface area contributed by atoms with E-state index in [9.17, 15) is 5.11 Å². The van der Waals surface area contributed by atoms with Crippen molar-refractivity contribution in [1.29, 1.82) is 0 Å². The van der Waals surface area contributed by atoms with Crippen molar-refractivity contribution in [2.75, 3.05) is 0 Å². The normalized spacial score (nSPS) is 12.5. The molecular weight excluding hydrogens is 367 g/mol. The quantitative estimate of drug-likeness (QED) is 0.787. The second kappa shape index (κ2) is 5.53. The first-order chi connectivity index (χ1) is 8.08. The Hall–Kier alpha value is -0.350. The van der Waals surface area contributed by atoms with Crippen LogP contribution < -0.4 is 0 Å². The van der Waals surface area contributed by atoms with E-state index in [0.29, 0.717) is 5.02 Å². The molecule has 0 bridgehead atoms. The lowest BCUT2D eigenvalue weighted by Gasteiger charge is -2.12. The molecule has 1 unspecified atom stereocenters. The van der Waals surface area contributed by atoms with Crippen LogP contribution in [0.4, 0.5) is 0 Å². The molecule has 0 aliphatic rings. The van der Waals surface area contributed by atoms with Crippen LogP contribution in [-0.4, -0.2) is 5.11 Å². The van der Waals surface area contributed by atoms with Crippen molar-refractivity contribution in [2.45, 2.75) is 6.10 Å². The van der Waals surface area contributed by atoms with Gasteiger partial charge in [0.25, 0.3) is 0 Å². The molecular formula is C13H9Br2ClO. The van der Waals surface area contributed by atoms with E-state index in [1.54, 1.807) is 12.1 Å². The maximum atomic E-state index is 10.2. The largest absolute Gasteiger partial charge is 0.384 e. The third kappa shape index (κ3) is 3.10. The van der Waals surface area contributed by atoms with Crippen LogP contribution in [0.25, 0.3) is 0 Å². The lowest BCUT2D eigenvalue weighted by atomic mass is 10.0. The summed E-state index contributed by atoms with van der Waals surface area (Å²) in [5, 5.41) is 10.9. The molecule has 1 atom stereocenters. The number of aliphatic hydroxyl groups excluding tert-OH is 1. The Morgan fingerprint density at radius 2 is 1.65 bits per heavy atom. The Morgan fingerprint density at radius 3 is 2.29 bits per heavy atom. The highest BCUT2D eigenvalue weighted by Gasteiger charge is 2.11. The van der Waals surface area contributed by atoms with Crippen LogP contribution >= 0.6 is 43.5 Å². The highest BCUT2D eigenvalue weighted by Crippen LogP contribution is 2.30. The van der Waals surface area contributed by atoms with E-state index in [2.05, 4.69) is 31.9 Å². The smallest absolute Gasteiger partial charge is 0.104 e. The maximum Gasteiger partial charge on any atom is 0.104 e. The Morgan fingerprint density at radius 1 is 0.941 bits per heavy atom. The van der Waals surface area contributed by atoms with Crippen LogP contribution in [0.3, 0.4) is 0 Å². The van der Waals surface area contributed by atoms with Crippen LogP contribution in [0.15, 0.2) is 51.4 Å². The Balaban J connectivity index is 2.36. The van der Waals surface area contributed by atoms with Gasteiger partial charge in [-0.1, -0.05) is 29.8 Å². The third-order valence-corrected chi connectivity index (χ3v) is 4.54. The fourth-order valence-corrected chi connectivity index (χ4v) is 2.39. The molecule has 0 aromatic heterocycles. The minimum absolute atomic E-state index is 0.623. The molecule has 88 valence electrons. The Bertz CT molecular complexity index is 543. The third-order valence-electron chi connectivity index (χ3n) is 2.42. The average Bonchev–Trinajstić information content (AvgIpc) is 2.32. The minimum atomic E-state index is -0.668. The lowest BCUT2D eigenvalue weighted by Crippen LogP contribution is -1.99. The predicted octanol–water partition coefficient (Wildman–Crippen LogP) is 4.95. The number of rotatable bonds is 2. The van der Waals surface area contributed by atoms with Gasteiger partial charge >= 0.3 is 0 Å². The maximum absolute atomic E-state index is 10.2. The molecule has 0 amide bonds. The van der Waals surface area contributed by atoms with E-state index in [1.165, 1.54) is 0 Å². The minimum Gasteiger partial charge on any atom is -0.384 e. The second-order valence-electron chi connectivity index (χ2n) is 3.63. The van der Waals surface area contributed by atoms with Gasteiger partial charge in [0.2, 0.25) is 0 Å². The molecule has 0 aliphatic heterocycles. The van der Waals surface area contributed by atoms with Crippen LogP contribution in [-0.2, 0) is 0 Å². The number of halogens is 3. The van der Waals surface area contributed by atoms with Gasteiger partial charge in [0.1, 0.15) is 6.10 Å². The number of hydrogen-bond donors (Lipinski definition) is 1. The van der Waals surface area contributed by atoms with Gasteiger partial charge in [-0.2, -0.15) is 0 Å². The molecule has 0 saturated carbocycles. The summed E-state index contributed by atoms with van der Waals surface area (Å²) in [5.41, 5.74) is 1.61. The van der Waals surface area contributed by atoms with Gasteiger partial charge in [-0.05, 0) is 67.3 Å². The highest BCUT2D eigenvalue weighted by molar-refractivity contribution is 9.13. The fourth-order valence-electron chi connectivity index (χ4n) is 1.55. The van der Waals surface area contributed by atoms with E-state index >= 15 is 0 Å². The van der Waals surface area contributed by atoms with Gasteiger partial charge in [-0.25, -0.2) is 0 Å². The monoisotopic (exact) mass is 374 g/mol. The van der Waals surface area contributed by atoms with Crippen LogP contribution in [0, 0.1) is 0 Å². The van der Waals surface area contributed by atoms with Gasteiger partial charge in [0.05, 0.1) is 0 Å². The van der Waals surface area contributed by atoms with Crippen molar-refractivity contribution in [1.82, 2.24) is 0 Å². The molecule has 17 heavy (non-hydrogen) atoms. The molecule has 1 nitrogen and oxygen atoms in total.